The van der Waals surface area contributed by atoms with Gasteiger partial charge in [-0.2, -0.15) is 5.10 Å². The second-order valence-electron chi connectivity index (χ2n) is 6.79. The molecule has 0 aliphatic rings. The first kappa shape index (κ1) is 22.6. The smallest absolute Gasteiger partial charge is 0.255 e. The lowest BCUT2D eigenvalue weighted by Gasteiger charge is -2.11. The Morgan fingerprint density at radius 2 is 1.61 bits per heavy atom. The molecule has 0 bridgehead atoms. The van der Waals surface area contributed by atoms with E-state index in [0.717, 1.165) is 10.5 Å². The molecule has 3 aromatic rings. The molecule has 0 aliphatic heterocycles. The van der Waals surface area contributed by atoms with Crippen LogP contribution >= 0.6 is 23.4 Å². The van der Waals surface area contributed by atoms with Gasteiger partial charge in [0.2, 0.25) is 0 Å². The first-order valence-electron chi connectivity index (χ1n) is 9.65. The van der Waals surface area contributed by atoms with Crippen molar-refractivity contribution in [1.29, 1.82) is 0 Å². The van der Waals surface area contributed by atoms with E-state index in [1.54, 1.807) is 37.3 Å². The van der Waals surface area contributed by atoms with Crippen molar-refractivity contribution in [3.8, 4) is 0 Å². The summed E-state index contributed by atoms with van der Waals surface area (Å²) in [4.78, 5) is 25.7. The Labute approximate surface area is 190 Å². The summed E-state index contributed by atoms with van der Waals surface area (Å²) < 4.78 is 0. The van der Waals surface area contributed by atoms with E-state index in [1.807, 2.05) is 55.5 Å². The van der Waals surface area contributed by atoms with Crippen LogP contribution in [-0.4, -0.2) is 22.8 Å². The Kier molecular flexibility index (Phi) is 7.87. The average Bonchev–Trinajstić information content (AvgIpc) is 2.79. The SMILES string of the molecule is C/C(=N/NC(=O)[C@@H](C)Sc1ccc(Cl)cc1)c1cccc(NC(=O)c2ccccc2)c1. The summed E-state index contributed by atoms with van der Waals surface area (Å²) in [6.07, 6.45) is 0. The highest BCUT2D eigenvalue weighted by Crippen LogP contribution is 2.24. The fourth-order valence-corrected chi connectivity index (χ4v) is 3.67. The molecule has 0 radical (unpaired) electrons. The number of rotatable bonds is 7. The van der Waals surface area contributed by atoms with Crippen molar-refractivity contribution >= 4 is 46.6 Å². The second-order valence-corrected chi connectivity index (χ2v) is 8.64. The summed E-state index contributed by atoms with van der Waals surface area (Å²) in [5.74, 6) is -0.387. The molecule has 158 valence electrons. The normalized spacial score (nSPS) is 12.2. The predicted octanol–water partition coefficient (Wildman–Crippen LogP) is 5.61. The van der Waals surface area contributed by atoms with Crippen molar-refractivity contribution < 1.29 is 9.59 Å². The number of hydrogen-bond acceptors (Lipinski definition) is 4. The van der Waals surface area contributed by atoms with Crippen LogP contribution in [0.5, 0.6) is 0 Å². The molecule has 0 fully saturated rings. The minimum atomic E-state index is -0.325. The molecule has 3 aromatic carbocycles. The summed E-state index contributed by atoms with van der Waals surface area (Å²) in [5.41, 5.74) is 5.27. The quantitative estimate of drug-likeness (QED) is 0.278. The summed E-state index contributed by atoms with van der Waals surface area (Å²) in [7, 11) is 0. The van der Waals surface area contributed by atoms with Crippen molar-refractivity contribution in [2.45, 2.75) is 24.0 Å². The number of nitrogens with zero attached hydrogens (tertiary/aromatic N) is 1. The molecular formula is C24H22ClN3O2S. The number of carbonyl (C=O) groups is 2. The topological polar surface area (TPSA) is 70.6 Å². The van der Waals surface area contributed by atoms with E-state index in [4.69, 9.17) is 11.6 Å². The third kappa shape index (κ3) is 6.70. The van der Waals surface area contributed by atoms with Crippen molar-refractivity contribution in [3.63, 3.8) is 0 Å². The molecule has 0 aromatic heterocycles. The highest BCUT2D eigenvalue weighted by atomic mass is 35.5. The highest BCUT2D eigenvalue weighted by molar-refractivity contribution is 8.00. The third-order valence-electron chi connectivity index (χ3n) is 4.40. The van der Waals surface area contributed by atoms with Gasteiger partial charge in [-0.3, -0.25) is 9.59 Å². The monoisotopic (exact) mass is 451 g/mol. The Balaban J connectivity index is 1.60. The number of nitrogens with one attached hydrogen (secondary N) is 2. The number of hydrogen-bond donors (Lipinski definition) is 2. The molecule has 0 unspecified atom stereocenters. The Hall–Kier alpha value is -3.09. The molecule has 5 nitrogen and oxygen atoms in total. The maximum absolute atomic E-state index is 12.4. The molecule has 0 spiro atoms. The summed E-state index contributed by atoms with van der Waals surface area (Å²) >= 11 is 7.32. The van der Waals surface area contributed by atoms with Gasteiger partial charge in [0, 0.05) is 21.2 Å². The van der Waals surface area contributed by atoms with Crippen LogP contribution in [0.25, 0.3) is 0 Å². The zero-order valence-corrected chi connectivity index (χ0v) is 18.7. The van der Waals surface area contributed by atoms with E-state index >= 15 is 0 Å². The van der Waals surface area contributed by atoms with Gasteiger partial charge in [0.1, 0.15) is 0 Å². The second kappa shape index (κ2) is 10.8. The minimum absolute atomic E-state index is 0.186. The van der Waals surface area contributed by atoms with E-state index in [0.29, 0.717) is 22.0 Å². The molecule has 2 N–H and O–H groups in total. The summed E-state index contributed by atoms with van der Waals surface area (Å²) in [6, 6.07) is 23.7. The van der Waals surface area contributed by atoms with Crippen LogP contribution < -0.4 is 10.7 Å². The molecule has 2 amide bonds. The van der Waals surface area contributed by atoms with Crippen LogP contribution in [0.1, 0.15) is 29.8 Å². The number of carbonyl (C=O) groups excluding carboxylic acids is 2. The lowest BCUT2D eigenvalue weighted by Crippen LogP contribution is -2.27. The van der Waals surface area contributed by atoms with Crippen LogP contribution in [0.4, 0.5) is 5.69 Å². The highest BCUT2D eigenvalue weighted by Gasteiger charge is 2.14. The number of anilines is 1. The molecule has 0 aliphatic carbocycles. The molecule has 0 heterocycles. The third-order valence-corrected chi connectivity index (χ3v) is 5.77. The van der Waals surface area contributed by atoms with Crippen molar-refractivity contribution in [2.75, 3.05) is 5.32 Å². The zero-order valence-electron chi connectivity index (χ0n) is 17.1. The lowest BCUT2D eigenvalue weighted by atomic mass is 10.1. The fraction of sp³-hybridized carbons (Fsp3) is 0.125. The number of benzene rings is 3. The van der Waals surface area contributed by atoms with Crippen LogP contribution in [0.15, 0.2) is 88.9 Å². The van der Waals surface area contributed by atoms with Crippen molar-refractivity contribution in [3.05, 3.63) is 95.0 Å². The Morgan fingerprint density at radius 3 is 2.32 bits per heavy atom. The summed E-state index contributed by atoms with van der Waals surface area (Å²) in [5, 5.41) is 7.42. The van der Waals surface area contributed by atoms with Gasteiger partial charge in [-0.05, 0) is 67.9 Å². The fourth-order valence-electron chi connectivity index (χ4n) is 2.68. The lowest BCUT2D eigenvalue weighted by molar-refractivity contribution is -0.120. The predicted molar refractivity (Wildman–Crippen MR) is 128 cm³/mol. The first-order valence-corrected chi connectivity index (χ1v) is 10.9. The first-order chi connectivity index (χ1) is 14.9. The van der Waals surface area contributed by atoms with Crippen LogP contribution in [0, 0.1) is 0 Å². The number of halogens is 1. The molecule has 3 rings (SSSR count). The van der Waals surface area contributed by atoms with Gasteiger partial charge < -0.3 is 5.32 Å². The standard InChI is InChI=1S/C24H22ClN3O2S/c1-16(27-28-23(29)17(2)31-22-13-11-20(25)12-14-22)19-9-6-10-21(15-19)26-24(30)18-7-4-3-5-8-18/h3-15,17H,1-2H3,(H,26,30)(H,28,29)/b27-16-/t17-/m1/s1. The minimum Gasteiger partial charge on any atom is -0.322 e. The van der Waals surface area contributed by atoms with E-state index in [-0.39, 0.29) is 17.1 Å². The van der Waals surface area contributed by atoms with Gasteiger partial charge >= 0.3 is 0 Å². The maximum atomic E-state index is 12.4. The van der Waals surface area contributed by atoms with E-state index in [9.17, 15) is 9.59 Å². The largest absolute Gasteiger partial charge is 0.322 e. The van der Waals surface area contributed by atoms with Crippen molar-refractivity contribution in [1.82, 2.24) is 5.43 Å². The zero-order chi connectivity index (χ0) is 22.2. The van der Waals surface area contributed by atoms with Crippen LogP contribution in [-0.2, 0) is 4.79 Å². The van der Waals surface area contributed by atoms with Gasteiger partial charge in [0.05, 0.1) is 11.0 Å². The molecule has 31 heavy (non-hydrogen) atoms. The van der Waals surface area contributed by atoms with Gasteiger partial charge in [0.15, 0.2) is 0 Å². The molecule has 0 saturated heterocycles. The number of thioether (sulfide) groups is 1. The summed E-state index contributed by atoms with van der Waals surface area (Å²) in [6.45, 7) is 3.62. The molecule has 0 saturated carbocycles. The van der Waals surface area contributed by atoms with Gasteiger partial charge in [-0.1, -0.05) is 41.9 Å². The Morgan fingerprint density at radius 1 is 0.935 bits per heavy atom. The van der Waals surface area contributed by atoms with Crippen molar-refractivity contribution in [2.24, 2.45) is 5.10 Å². The van der Waals surface area contributed by atoms with Gasteiger partial charge in [-0.25, -0.2) is 5.43 Å². The van der Waals surface area contributed by atoms with E-state index < -0.39 is 0 Å². The maximum Gasteiger partial charge on any atom is 0.255 e. The number of amides is 2. The van der Waals surface area contributed by atoms with Crippen LogP contribution in [0.2, 0.25) is 5.02 Å². The molecule has 7 heteroatoms. The van der Waals surface area contributed by atoms with Gasteiger partial charge in [-0.15, -0.1) is 11.8 Å². The molecular weight excluding hydrogens is 430 g/mol. The molecule has 1 atom stereocenters. The number of hydrazone groups is 1. The van der Waals surface area contributed by atoms with E-state index in [1.165, 1.54) is 11.8 Å². The van der Waals surface area contributed by atoms with Gasteiger partial charge in [0.25, 0.3) is 11.8 Å². The Bertz CT molecular complexity index is 1090. The average molecular weight is 452 g/mol. The van der Waals surface area contributed by atoms with Crippen LogP contribution in [0.3, 0.4) is 0 Å². The van der Waals surface area contributed by atoms with E-state index in [2.05, 4.69) is 15.8 Å².